The van der Waals surface area contributed by atoms with Crippen LogP contribution in [0.25, 0.3) is 0 Å². The van der Waals surface area contributed by atoms with E-state index in [1.54, 1.807) is 0 Å². The maximum absolute atomic E-state index is 11.9. The Hall–Kier alpha value is -2.41. The van der Waals surface area contributed by atoms with Gasteiger partial charge in [0.2, 0.25) is 11.8 Å². The van der Waals surface area contributed by atoms with Gasteiger partial charge >= 0.3 is 5.97 Å². The van der Waals surface area contributed by atoms with Gasteiger partial charge in [0.25, 0.3) is 0 Å². The summed E-state index contributed by atoms with van der Waals surface area (Å²) < 4.78 is 11.2. The van der Waals surface area contributed by atoms with Crippen LogP contribution in [-0.4, -0.2) is 47.5 Å². The van der Waals surface area contributed by atoms with Gasteiger partial charge in [-0.05, 0) is 5.56 Å². The van der Waals surface area contributed by atoms with Crippen LogP contribution >= 0.6 is 0 Å². The molecule has 1 heterocycles. The number of carbonyl (C=O) groups is 3. The molecule has 0 radical (unpaired) electrons. The topological polar surface area (TPSA) is 98.9 Å². The van der Waals surface area contributed by atoms with Crippen molar-refractivity contribution in [1.29, 1.82) is 0 Å². The van der Waals surface area contributed by atoms with E-state index in [4.69, 9.17) is 15.2 Å². The first kappa shape index (κ1) is 17.9. The predicted octanol–water partition coefficient (Wildman–Crippen LogP) is 0.610. The molecule has 0 bridgehead atoms. The number of hydrogen-bond acceptors (Lipinski definition) is 5. The maximum atomic E-state index is 11.9. The van der Waals surface area contributed by atoms with Crippen molar-refractivity contribution >= 4 is 17.8 Å². The summed E-state index contributed by atoms with van der Waals surface area (Å²) in [6.07, 6.45) is -1.28. The monoisotopic (exact) mass is 334 g/mol. The van der Waals surface area contributed by atoms with Crippen molar-refractivity contribution in [1.82, 2.24) is 4.90 Å². The van der Waals surface area contributed by atoms with Crippen LogP contribution in [0.2, 0.25) is 0 Å². The first-order valence-electron chi connectivity index (χ1n) is 7.76. The third kappa shape index (κ3) is 4.55. The minimum atomic E-state index is -0.625. The van der Waals surface area contributed by atoms with E-state index in [9.17, 15) is 14.4 Å². The summed E-state index contributed by atoms with van der Waals surface area (Å²) >= 11 is 0. The lowest BCUT2D eigenvalue weighted by atomic mass is 10.1. The van der Waals surface area contributed by atoms with E-state index in [2.05, 4.69) is 0 Å². The number of primary amides is 1. The van der Waals surface area contributed by atoms with E-state index < -0.39 is 30.1 Å². The second kappa shape index (κ2) is 7.92. The first-order chi connectivity index (χ1) is 11.4. The Kier molecular flexibility index (Phi) is 5.92. The summed E-state index contributed by atoms with van der Waals surface area (Å²) in [6, 6.07) is 8.93. The molecule has 0 aromatic heterocycles. The number of rotatable bonds is 6. The van der Waals surface area contributed by atoms with Gasteiger partial charge in [0, 0.05) is 20.3 Å². The molecule has 7 heteroatoms. The quantitative estimate of drug-likeness (QED) is 0.769. The van der Waals surface area contributed by atoms with Crippen molar-refractivity contribution in [2.45, 2.75) is 45.1 Å². The van der Waals surface area contributed by atoms with Crippen molar-refractivity contribution < 1.29 is 23.9 Å². The van der Waals surface area contributed by atoms with Crippen LogP contribution in [0.5, 0.6) is 0 Å². The summed E-state index contributed by atoms with van der Waals surface area (Å²) in [5.74, 6) is -1.22. The lowest BCUT2D eigenvalue weighted by molar-refractivity contribution is -0.152. The Balaban J connectivity index is 2.18. The minimum Gasteiger partial charge on any atom is -0.458 e. The predicted molar refractivity (Wildman–Crippen MR) is 85.6 cm³/mol. The van der Waals surface area contributed by atoms with Crippen molar-refractivity contribution in [3.63, 3.8) is 0 Å². The number of nitrogens with zero attached hydrogens (tertiary/aromatic N) is 1. The van der Waals surface area contributed by atoms with Crippen LogP contribution in [-0.2, 0) is 30.5 Å². The molecular formula is C17H22N2O5. The first-order valence-corrected chi connectivity index (χ1v) is 7.76. The molecule has 2 N–H and O–H groups in total. The Morgan fingerprint density at radius 2 is 1.88 bits per heavy atom. The van der Waals surface area contributed by atoms with Crippen molar-refractivity contribution in [2.75, 3.05) is 6.54 Å². The molecule has 1 aromatic carbocycles. The number of amides is 2. The maximum Gasteiger partial charge on any atom is 0.303 e. The summed E-state index contributed by atoms with van der Waals surface area (Å²) in [5.41, 5.74) is 6.25. The van der Waals surface area contributed by atoms with Gasteiger partial charge in [-0.25, -0.2) is 0 Å². The van der Waals surface area contributed by atoms with Crippen LogP contribution in [0.15, 0.2) is 30.3 Å². The molecule has 130 valence electrons. The molecule has 2 rings (SSSR count). The van der Waals surface area contributed by atoms with E-state index in [1.807, 2.05) is 30.3 Å². The Morgan fingerprint density at radius 3 is 2.42 bits per heavy atom. The number of benzene rings is 1. The highest BCUT2D eigenvalue weighted by Gasteiger charge is 2.46. The van der Waals surface area contributed by atoms with Crippen molar-refractivity contribution in [3.8, 4) is 0 Å². The molecule has 0 unspecified atom stereocenters. The van der Waals surface area contributed by atoms with Crippen LogP contribution < -0.4 is 5.73 Å². The second-order valence-corrected chi connectivity index (χ2v) is 5.82. The number of hydrogen-bond donors (Lipinski definition) is 1. The van der Waals surface area contributed by atoms with E-state index >= 15 is 0 Å². The van der Waals surface area contributed by atoms with Gasteiger partial charge in [-0.1, -0.05) is 30.3 Å². The summed E-state index contributed by atoms with van der Waals surface area (Å²) in [7, 11) is 0. The zero-order chi connectivity index (χ0) is 17.7. The third-order valence-electron chi connectivity index (χ3n) is 3.94. The highest BCUT2D eigenvalue weighted by Crippen LogP contribution is 2.27. The fourth-order valence-corrected chi connectivity index (χ4v) is 2.96. The largest absolute Gasteiger partial charge is 0.458 e. The standard InChI is InChI=1S/C17H22N2O5/c1-11(20)19-9-15(24-12(2)21)17(14(19)8-16(18)22)23-10-13-6-4-3-5-7-13/h3-7,14-15,17H,8-10H2,1-2H3,(H2,18,22)/t14-,15+,17+/m0/s1. The third-order valence-corrected chi connectivity index (χ3v) is 3.94. The smallest absolute Gasteiger partial charge is 0.303 e. The molecule has 1 fully saturated rings. The lowest BCUT2D eigenvalue weighted by Gasteiger charge is -2.26. The molecule has 2 amide bonds. The Bertz CT molecular complexity index is 604. The van der Waals surface area contributed by atoms with Crippen LogP contribution in [0.4, 0.5) is 0 Å². The van der Waals surface area contributed by atoms with Crippen LogP contribution in [0, 0.1) is 0 Å². The molecule has 3 atom stereocenters. The SMILES string of the molecule is CC(=O)O[C@@H]1CN(C(C)=O)[C@@H](CC(N)=O)[C@H]1OCc1ccccc1. The molecule has 1 saturated heterocycles. The van der Waals surface area contributed by atoms with E-state index in [1.165, 1.54) is 18.7 Å². The Labute approximate surface area is 140 Å². The van der Waals surface area contributed by atoms with Gasteiger partial charge in [-0.15, -0.1) is 0 Å². The van der Waals surface area contributed by atoms with E-state index in [0.717, 1.165) is 5.56 Å². The van der Waals surface area contributed by atoms with Gasteiger partial charge in [0.05, 0.1) is 19.2 Å². The van der Waals surface area contributed by atoms with Gasteiger partial charge in [0.15, 0.2) is 0 Å². The number of carbonyl (C=O) groups excluding carboxylic acids is 3. The van der Waals surface area contributed by atoms with E-state index in [0.29, 0.717) is 0 Å². The molecule has 0 aliphatic carbocycles. The number of esters is 1. The zero-order valence-electron chi connectivity index (χ0n) is 13.8. The molecular weight excluding hydrogens is 312 g/mol. The number of nitrogens with two attached hydrogens (primary N) is 1. The van der Waals surface area contributed by atoms with Crippen molar-refractivity contribution in [2.24, 2.45) is 5.73 Å². The van der Waals surface area contributed by atoms with Gasteiger partial charge in [-0.3, -0.25) is 14.4 Å². The lowest BCUT2D eigenvalue weighted by Crippen LogP contribution is -2.42. The van der Waals surface area contributed by atoms with Crippen LogP contribution in [0.3, 0.4) is 0 Å². The molecule has 24 heavy (non-hydrogen) atoms. The number of likely N-dealkylation sites (tertiary alicyclic amines) is 1. The second-order valence-electron chi connectivity index (χ2n) is 5.82. The van der Waals surface area contributed by atoms with Gasteiger partial charge in [-0.2, -0.15) is 0 Å². The molecule has 1 aromatic rings. The minimum absolute atomic E-state index is 0.0448. The number of ether oxygens (including phenoxy) is 2. The molecule has 7 nitrogen and oxygen atoms in total. The molecule has 0 spiro atoms. The zero-order valence-corrected chi connectivity index (χ0v) is 13.8. The molecule has 0 saturated carbocycles. The fourth-order valence-electron chi connectivity index (χ4n) is 2.96. The average Bonchev–Trinajstić information content (AvgIpc) is 2.82. The van der Waals surface area contributed by atoms with Crippen LogP contribution in [0.1, 0.15) is 25.8 Å². The summed E-state index contributed by atoms with van der Waals surface area (Å²) in [6.45, 7) is 3.17. The Morgan fingerprint density at radius 1 is 1.21 bits per heavy atom. The van der Waals surface area contributed by atoms with Gasteiger partial charge < -0.3 is 20.1 Å². The molecule has 1 aliphatic heterocycles. The normalized spacial score (nSPS) is 23.1. The fraction of sp³-hybridized carbons (Fsp3) is 0.471. The van der Waals surface area contributed by atoms with Crippen molar-refractivity contribution in [3.05, 3.63) is 35.9 Å². The molecule has 1 aliphatic rings. The average molecular weight is 334 g/mol. The summed E-state index contributed by atoms with van der Waals surface area (Å²) in [5, 5.41) is 0. The van der Waals surface area contributed by atoms with E-state index in [-0.39, 0.29) is 25.5 Å². The van der Waals surface area contributed by atoms with Gasteiger partial charge in [0.1, 0.15) is 12.2 Å². The highest BCUT2D eigenvalue weighted by molar-refractivity contribution is 5.78. The highest BCUT2D eigenvalue weighted by atomic mass is 16.6. The summed E-state index contributed by atoms with van der Waals surface area (Å²) in [4.78, 5) is 36.1.